The Morgan fingerprint density at radius 1 is 0.696 bits per heavy atom. The van der Waals surface area contributed by atoms with E-state index >= 15 is 0 Å². The highest BCUT2D eigenvalue weighted by atomic mass is 14.4. The van der Waals surface area contributed by atoms with E-state index in [9.17, 15) is 0 Å². The van der Waals surface area contributed by atoms with Crippen molar-refractivity contribution in [2.45, 2.75) is 104 Å². The molecule has 3 rings (SSSR count). The number of rotatable bonds is 1. The highest BCUT2D eigenvalue weighted by Crippen LogP contribution is 2.45. The lowest BCUT2D eigenvalue weighted by Gasteiger charge is -2.39. The van der Waals surface area contributed by atoms with Crippen molar-refractivity contribution in [1.82, 2.24) is 0 Å². The Bertz CT molecular complexity index is 358. The summed E-state index contributed by atoms with van der Waals surface area (Å²) < 4.78 is 0. The molecule has 0 amide bonds. The summed E-state index contributed by atoms with van der Waals surface area (Å²) in [7, 11) is 0. The van der Waals surface area contributed by atoms with Gasteiger partial charge in [0.25, 0.3) is 0 Å². The van der Waals surface area contributed by atoms with Crippen LogP contribution < -0.4 is 0 Å². The maximum atomic E-state index is 9.13. The second kappa shape index (κ2) is 9.10. The summed E-state index contributed by atoms with van der Waals surface area (Å²) >= 11 is 0. The normalized spacial score (nSPS) is 39.0. The van der Waals surface area contributed by atoms with E-state index in [0.717, 1.165) is 36.5 Å². The minimum Gasteiger partial charge on any atom is -0.198 e. The highest BCUT2D eigenvalue weighted by molar-refractivity contribution is 4.99. The zero-order valence-electron chi connectivity index (χ0n) is 15.9. The van der Waals surface area contributed by atoms with Gasteiger partial charge < -0.3 is 0 Å². The van der Waals surface area contributed by atoms with Gasteiger partial charge in [-0.2, -0.15) is 5.26 Å². The van der Waals surface area contributed by atoms with Crippen LogP contribution in [0.1, 0.15) is 104 Å². The van der Waals surface area contributed by atoms with Gasteiger partial charge in [-0.1, -0.05) is 58.8 Å². The minimum atomic E-state index is -0.00153. The number of nitriles is 1. The Balaban J connectivity index is 0.000000229. The van der Waals surface area contributed by atoms with Gasteiger partial charge in [0, 0.05) is 0 Å². The maximum Gasteiger partial charge on any atom is 0.0686 e. The molecular formula is C22H39N. The fourth-order valence-corrected chi connectivity index (χ4v) is 4.92. The van der Waals surface area contributed by atoms with Crippen molar-refractivity contribution in [1.29, 1.82) is 5.26 Å². The number of hydrogen-bond donors (Lipinski definition) is 0. The molecule has 0 aliphatic heterocycles. The van der Waals surface area contributed by atoms with Gasteiger partial charge >= 0.3 is 0 Å². The molecule has 0 bridgehead atoms. The molecule has 1 heteroatoms. The van der Waals surface area contributed by atoms with Gasteiger partial charge in [-0.25, -0.2) is 0 Å². The molecule has 0 radical (unpaired) electrons. The molecule has 0 atom stereocenters. The van der Waals surface area contributed by atoms with Gasteiger partial charge in [0.1, 0.15) is 0 Å². The van der Waals surface area contributed by atoms with Crippen LogP contribution in [-0.4, -0.2) is 0 Å². The number of hydrogen-bond acceptors (Lipinski definition) is 1. The van der Waals surface area contributed by atoms with E-state index in [4.69, 9.17) is 5.26 Å². The Morgan fingerprint density at radius 3 is 1.61 bits per heavy atom. The summed E-state index contributed by atoms with van der Waals surface area (Å²) in [4.78, 5) is 0. The van der Waals surface area contributed by atoms with E-state index < -0.39 is 0 Å². The Hall–Kier alpha value is -0.510. The lowest BCUT2D eigenvalue weighted by molar-refractivity contribution is 0.133. The van der Waals surface area contributed by atoms with E-state index in [1.807, 2.05) is 0 Å². The van der Waals surface area contributed by atoms with Crippen LogP contribution in [0.15, 0.2) is 0 Å². The lowest BCUT2D eigenvalue weighted by Crippen LogP contribution is -2.29. The van der Waals surface area contributed by atoms with Crippen LogP contribution in [0.25, 0.3) is 0 Å². The molecule has 23 heavy (non-hydrogen) atoms. The molecule has 0 heterocycles. The van der Waals surface area contributed by atoms with Crippen LogP contribution in [0.5, 0.6) is 0 Å². The highest BCUT2D eigenvalue weighted by Gasteiger charge is 2.35. The number of nitrogens with zero attached hydrogens (tertiary/aromatic N) is 1. The zero-order valence-corrected chi connectivity index (χ0v) is 15.9. The van der Waals surface area contributed by atoms with Crippen molar-refractivity contribution >= 4 is 0 Å². The average Bonchev–Trinajstić information content (AvgIpc) is 2.58. The summed E-state index contributed by atoms with van der Waals surface area (Å²) in [6, 6.07) is 2.51. The second-order valence-electron chi connectivity index (χ2n) is 9.27. The van der Waals surface area contributed by atoms with Crippen molar-refractivity contribution < 1.29 is 0 Å². The van der Waals surface area contributed by atoms with E-state index in [2.05, 4.69) is 26.8 Å². The first kappa shape index (κ1) is 18.8. The molecule has 0 unspecified atom stereocenters. The van der Waals surface area contributed by atoms with Crippen molar-refractivity contribution in [2.75, 3.05) is 0 Å². The third kappa shape index (κ3) is 6.13. The van der Waals surface area contributed by atoms with Crippen molar-refractivity contribution in [3.05, 3.63) is 0 Å². The van der Waals surface area contributed by atoms with Gasteiger partial charge in [0.2, 0.25) is 0 Å². The molecule has 0 aromatic rings. The molecule has 0 aromatic heterocycles. The third-order valence-electron chi connectivity index (χ3n) is 7.02. The van der Waals surface area contributed by atoms with Crippen molar-refractivity contribution in [2.24, 2.45) is 29.1 Å². The maximum absolute atomic E-state index is 9.13. The second-order valence-corrected chi connectivity index (χ2v) is 9.27. The Morgan fingerprint density at radius 2 is 1.17 bits per heavy atom. The van der Waals surface area contributed by atoms with Crippen LogP contribution in [0, 0.1) is 40.4 Å². The topological polar surface area (TPSA) is 23.8 Å². The molecule has 0 aromatic carbocycles. The van der Waals surface area contributed by atoms with Crippen molar-refractivity contribution in [3.8, 4) is 6.07 Å². The fraction of sp³-hybridized carbons (Fsp3) is 0.955. The van der Waals surface area contributed by atoms with E-state index in [1.165, 1.54) is 70.6 Å². The summed E-state index contributed by atoms with van der Waals surface area (Å²) in [6.07, 6.45) is 18.1. The van der Waals surface area contributed by atoms with Gasteiger partial charge in [0.05, 0.1) is 11.5 Å². The summed E-state index contributed by atoms with van der Waals surface area (Å²) in [5.74, 6) is 3.92. The van der Waals surface area contributed by atoms with Crippen molar-refractivity contribution in [3.63, 3.8) is 0 Å². The van der Waals surface area contributed by atoms with Gasteiger partial charge in [-0.05, 0) is 69.1 Å². The molecule has 0 N–H and O–H groups in total. The molecule has 132 valence electrons. The molecule has 3 aliphatic carbocycles. The average molecular weight is 318 g/mol. The smallest absolute Gasteiger partial charge is 0.0686 e. The summed E-state index contributed by atoms with van der Waals surface area (Å²) in [5, 5.41) is 9.13. The van der Waals surface area contributed by atoms with Gasteiger partial charge in [-0.15, -0.1) is 0 Å². The standard InChI is InChI=1S/C15H25N.C7H14/c1-12-3-5-13(6-4-12)14-7-9-15(2,11-16)10-8-14;1-7-5-3-2-4-6-7/h12-14H,3-10H2,1-2H3;7H,2-6H2,1H3. The summed E-state index contributed by atoms with van der Waals surface area (Å²) in [5.41, 5.74) is -0.00153. The van der Waals surface area contributed by atoms with Crippen LogP contribution in [0.3, 0.4) is 0 Å². The first-order valence-electron chi connectivity index (χ1n) is 10.4. The van der Waals surface area contributed by atoms with Gasteiger partial charge in [-0.3, -0.25) is 0 Å². The molecular weight excluding hydrogens is 278 g/mol. The quantitative estimate of drug-likeness (QED) is 0.505. The minimum absolute atomic E-state index is 0.00153. The first-order valence-corrected chi connectivity index (χ1v) is 10.4. The molecule has 0 saturated heterocycles. The van der Waals surface area contributed by atoms with Gasteiger partial charge in [0.15, 0.2) is 0 Å². The molecule has 0 spiro atoms. The van der Waals surface area contributed by atoms with E-state index in [0.29, 0.717) is 0 Å². The zero-order chi connectivity index (χ0) is 16.7. The first-order chi connectivity index (χ1) is 11.0. The third-order valence-corrected chi connectivity index (χ3v) is 7.02. The predicted molar refractivity (Wildman–Crippen MR) is 99.0 cm³/mol. The Kier molecular flexibility index (Phi) is 7.45. The largest absolute Gasteiger partial charge is 0.198 e. The van der Waals surface area contributed by atoms with Crippen LogP contribution in [0.2, 0.25) is 0 Å². The predicted octanol–water partition coefficient (Wildman–Crippen LogP) is 7.12. The van der Waals surface area contributed by atoms with Crippen LogP contribution in [0.4, 0.5) is 0 Å². The molecule has 3 fully saturated rings. The molecule has 1 nitrogen and oxygen atoms in total. The monoisotopic (exact) mass is 317 g/mol. The molecule has 3 aliphatic rings. The lowest BCUT2D eigenvalue weighted by atomic mass is 9.66. The van der Waals surface area contributed by atoms with Crippen LogP contribution in [-0.2, 0) is 0 Å². The van der Waals surface area contributed by atoms with Crippen LogP contribution >= 0.6 is 0 Å². The SMILES string of the molecule is CC1CCC(C2CCC(C)(C#N)CC2)CC1.CC1CCCCC1. The van der Waals surface area contributed by atoms with E-state index in [-0.39, 0.29) is 5.41 Å². The van der Waals surface area contributed by atoms with E-state index in [1.54, 1.807) is 0 Å². The fourth-order valence-electron chi connectivity index (χ4n) is 4.92. The summed E-state index contributed by atoms with van der Waals surface area (Å²) in [6.45, 7) is 6.90. The molecule has 3 saturated carbocycles. The Labute approximate surface area is 145 Å².